The summed E-state index contributed by atoms with van der Waals surface area (Å²) in [6.07, 6.45) is 1.01. The topological polar surface area (TPSA) is 97.5 Å². The molecule has 2 heterocycles. The van der Waals surface area contributed by atoms with Crippen LogP contribution in [0.25, 0.3) is 22.2 Å². The van der Waals surface area contributed by atoms with Crippen LogP contribution >= 0.6 is 0 Å². The molecule has 0 spiro atoms. The van der Waals surface area contributed by atoms with E-state index in [1.54, 1.807) is 13.3 Å². The Bertz CT molecular complexity index is 1160. The maximum absolute atomic E-state index is 11.5. The Morgan fingerprint density at radius 1 is 1.17 bits per heavy atom. The molecule has 1 amide bonds. The van der Waals surface area contributed by atoms with Gasteiger partial charge in [-0.3, -0.25) is 4.98 Å². The number of carbonyl (C=O) groups is 1. The fourth-order valence-corrected chi connectivity index (χ4v) is 3.56. The van der Waals surface area contributed by atoms with Crippen molar-refractivity contribution in [2.45, 2.75) is 19.1 Å². The molecule has 1 unspecified atom stereocenters. The number of methoxy groups -OCH3 is 1. The minimum absolute atomic E-state index is 0.415. The van der Waals surface area contributed by atoms with Gasteiger partial charge in [0.25, 0.3) is 0 Å². The van der Waals surface area contributed by atoms with Crippen molar-refractivity contribution in [2.24, 2.45) is 0 Å². The molecule has 0 aliphatic heterocycles. The van der Waals surface area contributed by atoms with Crippen LogP contribution in [-0.2, 0) is 17.8 Å². The van der Waals surface area contributed by atoms with Gasteiger partial charge in [-0.15, -0.1) is 0 Å². The molecule has 0 fully saturated rings. The van der Waals surface area contributed by atoms with Gasteiger partial charge in [-0.25, -0.2) is 4.79 Å². The van der Waals surface area contributed by atoms with E-state index in [0.717, 1.165) is 27.8 Å². The van der Waals surface area contributed by atoms with E-state index in [2.05, 4.69) is 15.5 Å². The fraction of sp³-hybridized carbons (Fsp3) is 0.174. The van der Waals surface area contributed by atoms with Gasteiger partial charge in [0, 0.05) is 36.4 Å². The Hall–Kier alpha value is -3.71. The first-order chi connectivity index (χ1) is 14.7. The lowest BCUT2D eigenvalue weighted by Crippen LogP contribution is -2.29. The summed E-state index contributed by atoms with van der Waals surface area (Å²) in [7, 11) is 1.64. The second-order valence-corrected chi connectivity index (χ2v) is 6.91. The van der Waals surface area contributed by atoms with Crippen LogP contribution in [0, 0.1) is 0 Å². The highest BCUT2D eigenvalue weighted by atomic mass is 16.5. The summed E-state index contributed by atoms with van der Waals surface area (Å²) in [5, 5.41) is 17.2. The molecule has 0 saturated heterocycles. The van der Waals surface area contributed by atoms with Crippen LogP contribution in [0.3, 0.4) is 0 Å². The molecule has 4 rings (SSSR count). The summed E-state index contributed by atoms with van der Waals surface area (Å²) in [5.41, 5.74) is 4.72. The number of aromatic nitrogens is 2. The zero-order valence-corrected chi connectivity index (χ0v) is 16.4. The maximum Gasteiger partial charge on any atom is 0.405 e. The third-order valence-electron chi connectivity index (χ3n) is 4.88. The van der Waals surface area contributed by atoms with Crippen molar-refractivity contribution in [1.82, 2.24) is 15.5 Å². The summed E-state index contributed by atoms with van der Waals surface area (Å²) in [4.78, 5) is 15.8. The Labute approximate surface area is 173 Å². The molecule has 0 aliphatic carbocycles. The zero-order chi connectivity index (χ0) is 20.9. The smallest absolute Gasteiger partial charge is 0.405 e. The Morgan fingerprint density at radius 3 is 2.77 bits per heavy atom. The van der Waals surface area contributed by atoms with Crippen molar-refractivity contribution < 1.29 is 19.2 Å². The van der Waals surface area contributed by atoms with Gasteiger partial charge in [0.15, 0.2) is 5.58 Å². The number of pyridine rings is 1. The number of hydrogen-bond donors (Lipinski definition) is 2. The number of benzene rings is 2. The van der Waals surface area contributed by atoms with Gasteiger partial charge in [-0.1, -0.05) is 41.6 Å². The number of carboxylic acid groups (broad SMARTS) is 1. The number of hydrogen-bond acceptors (Lipinski definition) is 5. The van der Waals surface area contributed by atoms with E-state index in [9.17, 15) is 9.90 Å². The first-order valence-corrected chi connectivity index (χ1v) is 9.51. The number of fused-ring (bicyclic) bond motifs is 1. The molecule has 2 aromatic heterocycles. The van der Waals surface area contributed by atoms with E-state index in [4.69, 9.17) is 9.26 Å². The molecule has 7 nitrogen and oxygen atoms in total. The first kappa shape index (κ1) is 19.6. The molecule has 2 aromatic carbocycles. The molecule has 4 aromatic rings. The van der Waals surface area contributed by atoms with Crippen LogP contribution in [-0.4, -0.2) is 28.5 Å². The predicted molar refractivity (Wildman–Crippen MR) is 112 cm³/mol. The van der Waals surface area contributed by atoms with Crippen LogP contribution in [0.5, 0.6) is 0 Å². The van der Waals surface area contributed by atoms with Crippen LogP contribution in [0.1, 0.15) is 22.9 Å². The average Bonchev–Trinajstić information content (AvgIpc) is 3.17. The molecule has 2 N–H and O–H groups in total. The van der Waals surface area contributed by atoms with Crippen molar-refractivity contribution in [3.63, 3.8) is 0 Å². The number of nitrogens with zero attached hydrogens (tertiary/aromatic N) is 2. The standard InChI is InChI=1S/C23H21N3O4/c1-29-14-15-9-10-19-21(12-15)30-26-22(19)18-8-3-2-7-17(18)20(25-23(27)28)13-16-6-4-5-11-24-16/h2-12,20,25H,13-14H2,1H3,(H,27,28). The summed E-state index contributed by atoms with van der Waals surface area (Å²) < 4.78 is 10.8. The highest BCUT2D eigenvalue weighted by molar-refractivity contribution is 5.92. The maximum atomic E-state index is 11.5. The average molecular weight is 403 g/mol. The van der Waals surface area contributed by atoms with Gasteiger partial charge in [0.2, 0.25) is 0 Å². The zero-order valence-electron chi connectivity index (χ0n) is 16.4. The lowest BCUT2D eigenvalue weighted by molar-refractivity contribution is 0.185. The van der Waals surface area contributed by atoms with E-state index < -0.39 is 12.1 Å². The van der Waals surface area contributed by atoms with Gasteiger partial charge >= 0.3 is 6.09 Å². The molecule has 152 valence electrons. The summed E-state index contributed by atoms with van der Waals surface area (Å²) in [5.74, 6) is 0. The van der Waals surface area contributed by atoms with Gasteiger partial charge < -0.3 is 19.7 Å². The summed E-state index contributed by atoms with van der Waals surface area (Å²) in [6, 6.07) is 18.5. The van der Waals surface area contributed by atoms with E-state index in [0.29, 0.717) is 24.3 Å². The highest BCUT2D eigenvalue weighted by Gasteiger charge is 2.22. The van der Waals surface area contributed by atoms with Gasteiger partial charge in [-0.05, 0) is 35.4 Å². The normalized spacial score (nSPS) is 12.0. The molecule has 1 atom stereocenters. The number of nitrogens with one attached hydrogen (secondary N) is 1. The Morgan fingerprint density at radius 2 is 2.00 bits per heavy atom. The molecular formula is C23H21N3O4. The SMILES string of the molecule is COCc1ccc2c(-c3ccccc3C(Cc3ccccn3)NC(=O)O)noc2c1. The van der Waals surface area contributed by atoms with Gasteiger partial charge in [0.05, 0.1) is 12.6 Å². The molecular weight excluding hydrogens is 382 g/mol. The van der Waals surface area contributed by atoms with Crippen LogP contribution in [0.15, 0.2) is 71.4 Å². The largest absolute Gasteiger partial charge is 0.465 e. The molecule has 0 saturated carbocycles. The van der Waals surface area contributed by atoms with Crippen LogP contribution in [0.4, 0.5) is 4.79 Å². The third-order valence-corrected chi connectivity index (χ3v) is 4.88. The van der Waals surface area contributed by atoms with Crippen molar-refractivity contribution in [3.8, 4) is 11.3 Å². The van der Waals surface area contributed by atoms with Crippen molar-refractivity contribution >= 4 is 17.1 Å². The summed E-state index contributed by atoms with van der Waals surface area (Å²) in [6.45, 7) is 0.483. The molecule has 7 heteroatoms. The van der Waals surface area contributed by atoms with E-state index in [1.807, 2.05) is 60.7 Å². The quantitative estimate of drug-likeness (QED) is 0.468. The molecule has 0 bridgehead atoms. The van der Waals surface area contributed by atoms with Gasteiger partial charge in [0.1, 0.15) is 5.69 Å². The van der Waals surface area contributed by atoms with Gasteiger partial charge in [-0.2, -0.15) is 0 Å². The summed E-state index contributed by atoms with van der Waals surface area (Å²) >= 11 is 0. The number of amides is 1. The highest BCUT2D eigenvalue weighted by Crippen LogP contribution is 2.34. The second kappa shape index (κ2) is 8.75. The minimum Gasteiger partial charge on any atom is -0.465 e. The van der Waals surface area contributed by atoms with Crippen molar-refractivity contribution in [2.75, 3.05) is 7.11 Å². The lowest BCUT2D eigenvalue weighted by Gasteiger charge is -2.20. The predicted octanol–water partition coefficient (Wildman–Crippen LogP) is 4.59. The lowest BCUT2D eigenvalue weighted by atomic mass is 9.93. The fourth-order valence-electron chi connectivity index (χ4n) is 3.56. The monoisotopic (exact) mass is 403 g/mol. The molecule has 0 aliphatic rings. The molecule has 30 heavy (non-hydrogen) atoms. The second-order valence-electron chi connectivity index (χ2n) is 6.91. The van der Waals surface area contributed by atoms with Crippen molar-refractivity contribution in [1.29, 1.82) is 0 Å². The minimum atomic E-state index is -1.10. The van der Waals surface area contributed by atoms with E-state index >= 15 is 0 Å². The molecule has 0 radical (unpaired) electrons. The Kier molecular flexibility index (Phi) is 5.72. The van der Waals surface area contributed by atoms with Crippen molar-refractivity contribution in [3.05, 3.63) is 83.7 Å². The van der Waals surface area contributed by atoms with E-state index in [1.165, 1.54) is 0 Å². The number of ether oxygens (including phenoxy) is 1. The third kappa shape index (κ3) is 4.16. The van der Waals surface area contributed by atoms with Crippen LogP contribution in [0.2, 0.25) is 0 Å². The van der Waals surface area contributed by atoms with E-state index in [-0.39, 0.29) is 0 Å². The van der Waals surface area contributed by atoms with Crippen LogP contribution < -0.4 is 5.32 Å². The number of rotatable bonds is 7. The Balaban J connectivity index is 1.77. The first-order valence-electron chi connectivity index (χ1n) is 9.51.